The molecule has 0 bridgehead atoms. The normalized spacial score (nSPS) is 17.2. The average molecular weight is 301 g/mol. The molecule has 0 saturated heterocycles. The lowest BCUT2D eigenvalue weighted by Gasteiger charge is -2.11. The van der Waals surface area contributed by atoms with E-state index in [1.165, 1.54) is 57.8 Å². The number of rotatable bonds is 11. The second-order valence-corrected chi connectivity index (χ2v) is 6.40. The van der Waals surface area contributed by atoms with Gasteiger partial charge >= 0.3 is 0 Å². The van der Waals surface area contributed by atoms with Gasteiger partial charge in [-0.2, -0.15) is 15.0 Å². The van der Waals surface area contributed by atoms with Gasteiger partial charge in [-0.15, -0.1) is 0 Å². The van der Waals surface area contributed by atoms with Crippen LogP contribution >= 0.6 is 0 Å². The number of aromatic nitrogens is 3. The molecule has 1 aliphatic rings. The molecule has 22 heavy (non-hydrogen) atoms. The quantitative estimate of drug-likeness (QED) is 0.533. The molecule has 0 aromatic carbocycles. The van der Waals surface area contributed by atoms with E-state index in [-0.39, 0.29) is 0 Å². The predicted octanol–water partition coefficient (Wildman–Crippen LogP) is 5.09. The van der Waals surface area contributed by atoms with Crippen LogP contribution < -0.4 is 0 Å². The fourth-order valence-electron chi connectivity index (χ4n) is 2.98. The Morgan fingerprint density at radius 1 is 1.09 bits per heavy atom. The van der Waals surface area contributed by atoms with Crippen molar-refractivity contribution in [2.45, 2.75) is 77.7 Å². The van der Waals surface area contributed by atoms with Crippen molar-refractivity contribution < 1.29 is 0 Å². The van der Waals surface area contributed by atoms with Gasteiger partial charge in [0.15, 0.2) is 0 Å². The van der Waals surface area contributed by atoms with Crippen LogP contribution in [0.1, 0.15) is 70.4 Å². The highest BCUT2D eigenvalue weighted by molar-refractivity contribution is 5.10. The van der Waals surface area contributed by atoms with Crippen molar-refractivity contribution >= 4 is 0 Å². The third kappa shape index (κ3) is 6.59. The van der Waals surface area contributed by atoms with Gasteiger partial charge in [-0.25, -0.2) is 0 Å². The SMILES string of the molecule is CCCCCCCCn1ncc(CCCC2C=CC=CC2)n1. The van der Waals surface area contributed by atoms with Gasteiger partial charge in [0.2, 0.25) is 0 Å². The van der Waals surface area contributed by atoms with Crippen LogP contribution in [0.15, 0.2) is 30.5 Å². The van der Waals surface area contributed by atoms with Crippen molar-refractivity contribution in [1.82, 2.24) is 15.0 Å². The van der Waals surface area contributed by atoms with E-state index in [4.69, 9.17) is 0 Å². The van der Waals surface area contributed by atoms with E-state index < -0.39 is 0 Å². The number of hydrogen-bond donors (Lipinski definition) is 0. The van der Waals surface area contributed by atoms with Crippen molar-refractivity contribution in [2.24, 2.45) is 5.92 Å². The summed E-state index contributed by atoms with van der Waals surface area (Å²) in [6.45, 7) is 3.23. The lowest BCUT2D eigenvalue weighted by Crippen LogP contribution is -2.03. The highest BCUT2D eigenvalue weighted by atomic mass is 15.5. The number of hydrogen-bond acceptors (Lipinski definition) is 2. The Labute approximate surface area is 135 Å². The van der Waals surface area contributed by atoms with Crippen LogP contribution in [0.25, 0.3) is 0 Å². The highest BCUT2D eigenvalue weighted by Crippen LogP contribution is 2.18. The van der Waals surface area contributed by atoms with Crippen molar-refractivity contribution in [2.75, 3.05) is 0 Å². The van der Waals surface area contributed by atoms with Crippen molar-refractivity contribution in [3.63, 3.8) is 0 Å². The molecule has 1 unspecified atom stereocenters. The minimum atomic E-state index is 0.725. The summed E-state index contributed by atoms with van der Waals surface area (Å²) in [5, 5.41) is 9.00. The molecule has 3 nitrogen and oxygen atoms in total. The topological polar surface area (TPSA) is 30.7 Å². The first kappa shape index (κ1) is 17.0. The van der Waals surface area contributed by atoms with Gasteiger partial charge in [0.25, 0.3) is 0 Å². The molecule has 1 aliphatic carbocycles. The van der Waals surface area contributed by atoms with Crippen LogP contribution in [0.4, 0.5) is 0 Å². The largest absolute Gasteiger partial charge is 0.185 e. The Bertz CT molecular complexity index is 459. The summed E-state index contributed by atoms with van der Waals surface area (Å²) in [5.41, 5.74) is 1.15. The van der Waals surface area contributed by atoms with Crippen molar-refractivity contribution in [3.05, 3.63) is 36.2 Å². The van der Waals surface area contributed by atoms with Gasteiger partial charge in [-0.3, -0.25) is 0 Å². The number of allylic oxidation sites excluding steroid dienone is 4. The van der Waals surface area contributed by atoms with Crippen LogP contribution in [0.3, 0.4) is 0 Å². The van der Waals surface area contributed by atoms with Gasteiger partial charge in [0, 0.05) is 0 Å². The Hall–Kier alpha value is -1.38. The molecule has 1 heterocycles. The number of nitrogens with zero attached hydrogens (tertiary/aromatic N) is 3. The molecular formula is C19H31N3. The van der Waals surface area contributed by atoms with E-state index in [0.717, 1.165) is 24.6 Å². The summed E-state index contributed by atoms with van der Waals surface area (Å²) in [5.74, 6) is 0.725. The summed E-state index contributed by atoms with van der Waals surface area (Å²) in [6.07, 6.45) is 23.5. The summed E-state index contributed by atoms with van der Waals surface area (Å²) in [6, 6.07) is 0. The summed E-state index contributed by atoms with van der Waals surface area (Å²) in [4.78, 5) is 1.89. The van der Waals surface area contributed by atoms with Crippen LogP contribution in [0.5, 0.6) is 0 Å². The van der Waals surface area contributed by atoms with Gasteiger partial charge in [0.05, 0.1) is 18.4 Å². The van der Waals surface area contributed by atoms with E-state index in [1.807, 2.05) is 11.0 Å². The average Bonchev–Trinajstić information content (AvgIpc) is 3.00. The Morgan fingerprint density at radius 3 is 2.77 bits per heavy atom. The van der Waals surface area contributed by atoms with Gasteiger partial charge in [-0.1, -0.05) is 63.3 Å². The van der Waals surface area contributed by atoms with Crippen molar-refractivity contribution in [3.8, 4) is 0 Å². The fraction of sp³-hybridized carbons (Fsp3) is 0.684. The molecule has 0 radical (unpaired) electrons. The molecule has 3 heteroatoms. The maximum absolute atomic E-state index is 4.60. The molecule has 122 valence electrons. The van der Waals surface area contributed by atoms with Crippen LogP contribution in [0.2, 0.25) is 0 Å². The molecule has 0 saturated carbocycles. The third-order valence-electron chi connectivity index (χ3n) is 4.37. The standard InChI is InChI=1S/C19H31N3/c1-2-3-4-5-6-10-16-22-20-17-19(21-22)15-11-14-18-12-8-7-9-13-18/h7-9,12,17-18H,2-6,10-11,13-16H2,1H3. The van der Waals surface area contributed by atoms with Gasteiger partial charge in [0.1, 0.15) is 0 Å². The van der Waals surface area contributed by atoms with E-state index in [9.17, 15) is 0 Å². The summed E-state index contributed by atoms with van der Waals surface area (Å²) in [7, 11) is 0. The van der Waals surface area contributed by atoms with E-state index in [0.29, 0.717) is 0 Å². The Balaban J connectivity index is 1.56. The molecule has 0 spiro atoms. The number of aryl methyl sites for hydroxylation is 2. The summed E-state index contributed by atoms with van der Waals surface area (Å²) >= 11 is 0. The molecule has 0 fully saturated rings. The molecule has 0 N–H and O–H groups in total. The van der Waals surface area contributed by atoms with Crippen LogP contribution in [-0.4, -0.2) is 15.0 Å². The smallest absolute Gasteiger partial charge is 0.0827 e. The summed E-state index contributed by atoms with van der Waals surface area (Å²) < 4.78 is 0. The minimum Gasteiger partial charge on any atom is -0.185 e. The first-order valence-electron chi connectivity index (χ1n) is 9.11. The zero-order chi connectivity index (χ0) is 15.5. The Morgan fingerprint density at radius 2 is 1.95 bits per heavy atom. The van der Waals surface area contributed by atoms with Crippen LogP contribution in [0, 0.1) is 5.92 Å². The molecule has 2 rings (SSSR count). The van der Waals surface area contributed by atoms with Gasteiger partial charge < -0.3 is 0 Å². The highest BCUT2D eigenvalue weighted by Gasteiger charge is 2.06. The second-order valence-electron chi connectivity index (χ2n) is 6.40. The predicted molar refractivity (Wildman–Crippen MR) is 92.7 cm³/mol. The molecule has 1 aromatic heterocycles. The fourth-order valence-corrected chi connectivity index (χ4v) is 2.98. The van der Waals surface area contributed by atoms with E-state index in [1.54, 1.807) is 0 Å². The van der Waals surface area contributed by atoms with E-state index >= 15 is 0 Å². The maximum atomic E-state index is 4.60. The molecular weight excluding hydrogens is 270 g/mol. The molecule has 1 aromatic rings. The van der Waals surface area contributed by atoms with Crippen LogP contribution in [-0.2, 0) is 13.0 Å². The molecule has 0 aliphatic heterocycles. The first-order chi connectivity index (χ1) is 10.9. The lowest BCUT2D eigenvalue weighted by molar-refractivity contribution is 0.479. The number of unbranched alkanes of at least 4 members (excludes halogenated alkanes) is 5. The third-order valence-corrected chi connectivity index (χ3v) is 4.37. The van der Waals surface area contributed by atoms with Crippen molar-refractivity contribution in [1.29, 1.82) is 0 Å². The zero-order valence-electron chi connectivity index (χ0n) is 14.1. The maximum Gasteiger partial charge on any atom is 0.0827 e. The van der Waals surface area contributed by atoms with Gasteiger partial charge in [-0.05, 0) is 38.0 Å². The lowest BCUT2D eigenvalue weighted by atomic mass is 9.95. The monoisotopic (exact) mass is 301 g/mol. The van der Waals surface area contributed by atoms with E-state index in [2.05, 4.69) is 41.4 Å². The molecule has 1 atom stereocenters. The molecule has 0 amide bonds. The Kier molecular flexibility index (Phi) is 8.00. The zero-order valence-corrected chi connectivity index (χ0v) is 14.1. The first-order valence-corrected chi connectivity index (χ1v) is 9.11. The second kappa shape index (κ2) is 10.4. The minimum absolute atomic E-state index is 0.725.